The molecular formula is C14H17N3O3S. The number of para-hydroxylation sites is 2. The summed E-state index contributed by atoms with van der Waals surface area (Å²) in [4.78, 5) is 11.8. The number of hydrogen-bond donors (Lipinski definition) is 1. The van der Waals surface area contributed by atoms with Crippen molar-refractivity contribution in [2.24, 2.45) is 0 Å². The number of carbonyl (C=O) groups excluding carboxylic acids is 1. The largest absolute Gasteiger partial charge is 0.493 e. The highest BCUT2D eigenvalue weighted by molar-refractivity contribution is 7.15. The first-order valence-electron chi connectivity index (χ1n) is 6.61. The predicted octanol–water partition coefficient (Wildman–Crippen LogP) is 2.52. The topological polar surface area (TPSA) is 73.3 Å². The molecule has 112 valence electrons. The maximum Gasteiger partial charge on any atom is 0.264 e. The summed E-state index contributed by atoms with van der Waals surface area (Å²) in [5.74, 6) is 0.839. The van der Waals surface area contributed by atoms with Crippen LogP contribution in [0.1, 0.15) is 18.4 Å². The number of ether oxygens (including phenoxy) is 2. The molecule has 2 aromatic rings. The van der Waals surface area contributed by atoms with Crippen molar-refractivity contribution in [3.05, 3.63) is 29.3 Å². The molecule has 21 heavy (non-hydrogen) atoms. The second-order valence-electron chi connectivity index (χ2n) is 4.24. The molecule has 0 saturated heterocycles. The number of nitrogens with zero attached hydrogens (tertiary/aromatic N) is 2. The van der Waals surface area contributed by atoms with E-state index >= 15 is 0 Å². The summed E-state index contributed by atoms with van der Waals surface area (Å²) in [6.45, 7) is 1.96. The Labute approximate surface area is 127 Å². The van der Waals surface area contributed by atoms with Crippen molar-refractivity contribution >= 4 is 22.4 Å². The zero-order valence-corrected chi connectivity index (χ0v) is 12.8. The van der Waals surface area contributed by atoms with Gasteiger partial charge in [0.05, 0.1) is 7.11 Å². The van der Waals surface area contributed by atoms with E-state index in [0.29, 0.717) is 16.6 Å². The van der Waals surface area contributed by atoms with Gasteiger partial charge in [0, 0.05) is 6.42 Å². The number of anilines is 1. The zero-order valence-electron chi connectivity index (χ0n) is 12.0. The van der Waals surface area contributed by atoms with Crippen LogP contribution in [0.4, 0.5) is 5.13 Å². The van der Waals surface area contributed by atoms with Gasteiger partial charge in [0.25, 0.3) is 5.91 Å². The predicted molar refractivity (Wildman–Crippen MR) is 81.0 cm³/mol. The minimum atomic E-state index is -0.278. The average Bonchev–Trinajstić information content (AvgIpc) is 2.93. The molecule has 0 unspecified atom stereocenters. The number of hydrogen-bond acceptors (Lipinski definition) is 6. The highest BCUT2D eigenvalue weighted by atomic mass is 32.1. The molecule has 0 fully saturated rings. The zero-order chi connectivity index (χ0) is 15.1. The summed E-state index contributed by atoms with van der Waals surface area (Å²) in [6, 6.07) is 7.17. The van der Waals surface area contributed by atoms with E-state index in [1.807, 2.05) is 12.1 Å². The van der Waals surface area contributed by atoms with Gasteiger partial charge >= 0.3 is 0 Å². The summed E-state index contributed by atoms with van der Waals surface area (Å²) in [7, 11) is 1.55. The third-order valence-electron chi connectivity index (χ3n) is 2.60. The Morgan fingerprint density at radius 1 is 1.29 bits per heavy atom. The van der Waals surface area contributed by atoms with E-state index < -0.39 is 0 Å². The van der Waals surface area contributed by atoms with E-state index in [9.17, 15) is 4.79 Å². The molecule has 1 N–H and O–H groups in total. The summed E-state index contributed by atoms with van der Waals surface area (Å²) < 4.78 is 10.6. The van der Waals surface area contributed by atoms with Crippen molar-refractivity contribution in [2.45, 2.75) is 19.8 Å². The quantitative estimate of drug-likeness (QED) is 0.851. The minimum Gasteiger partial charge on any atom is -0.493 e. The highest BCUT2D eigenvalue weighted by Crippen LogP contribution is 2.25. The maximum absolute atomic E-state index is 11.8. The van der Waals surface area contributed by atoms with Crippen LogP contribution in [0, 0.1) is 0 Å². The fourth-order valence-corrected chi connectivity index (χ4v) is 2.51. The lowest BCUT2D eigenvalue weighted by atomic mass is 10.3. The van der Waals surface area contributed by atoms with E-state index in [-0.39, 0.29) is 12.5 Å². The van der Waals surface area contributed by atoms with Crippen LogP contribution in [0.3, 0.4) is 0 Å². The molecule has 0 spiro atoms. The Hall–Kier alpha value is -2.15. The van der Waals surface area contributed by atoms with Gasteiger partial charge in [0.15, 0.2) is 18.1 Å². The van der Waals surface area contributed by atoms with E-state index in [0.717, 1.165) is 17.8 Å². The van der Waals surface area contributed by atoms with Gasteiger partial charge in [-0.25, -0.2) is 0 Å². The molecule has 2 rings (SSSR count). The molecule has 1 aromatic heterocycles. The summed E-state index contributed by atoms with van der Waals surface area (Å²) in [6.07, 6.45) is 1.87. The van der Waals surface area contributed by atoms with E-state index in [2.05, 4.69) is 22.4 Å². The van der Waals surface area contributed by atoms with Crippen LogP contribution in [0.25, 0.3) is 0 Å². The van der Waals surface area contributed by atoms with Crippen LogP contribution in [0.2, 0.25) is 0 Å². The van der Waals surface area contributed by atoms with Crippen molar-refractivity contribution in [3.8, 4) is 11.5 Å². The fourth-order valence-electron chi connectivity index (χ4n) is 1.66. The SMILES string of the molecule is CCCc1nnc(NC(=O)COc2ccccc2OC)s1. The van der Waals surface area contributed by atoms with Crippen molar-refractivity contribution < 1.29 is 14.3 Å². The van der Waals surface area contributed by atoms with Gasteiger partial charge in [-0.3, -0.25) is 10.1 Å². The van der Waals surface area contributed by atoms with Gasteiger partial charge in [-0.2, -0.15) is 0 Å². The number of nitrogens with one attached hydrogen (secondary N) is 1. The molecule has 0 radical (unpaired) electrons. The summed E-state index contributed by atoms with van der Waals surface area (Å²) in [5.41, 5.74) is 0. The second-order valence-corrected chi connectivity index (χ2v) is 5.30. The van der Waals surface area contributed by atoms with Crippen molar-refractivity contribution in [1.29, 1.82) is 0 Å². The van der Waals surface area contributed by atoms with Gasteiger partial charge in [-0.05, 0) is 18.6 Å². The molecule has 1 amide bonds. The van der Waals surface area contributed by atoms with E-state index in [1.54, 1.807) is 19.2 Å². The lowest BCUT2D eigenvalue weighted by molar-refractivity contribution is -0.118. The minimum absolute atomic E-state index is 0.108. The molecule has 0 aliphatic carbocycles. The lowest BCUT2D eigenvalue weighted by Gasteiger charge is -2.09. The Bertz CT molecular complexity index is 601. The number of carbonyl (C=O) groups is 1. The van der Waals surface area contributed by atoms with Crippen LogP contribution in [0.15, 0.2) is 24.3 Å². The van der Waals surface area contributed by atoms with E-state index in [4.69, 9.17) is 9.47 Å². The van der Waals surface area contributed by atoms with Gasteiger partial charge in [0.1, 0.15) is 5.01 Å². The first-order chi connectivity index (χ1) is 10.2. The molecule has 1 heterocycles. The second kappa shape index (κ2) is 7.58. The standard InChI is InChI=1S/C14H17N3O3S/c1-3-6-13-16-17-14(21-13)15-12(18)9-20-11-8-5-4-7-10(11)19-2/h4-5,7-8H,3,6,9H2,1-2H3,(H,15,17,18). The maximum atomic E-state index is 11.8. The molecule has 0 aliphatic rings. The van der Waals surface area contributed by atoms with Crippen LogP contribution in [0.5, 0.6) is 11.5 Å². The molecule has 1 aromatic carbocycles. The molecule has 0 atom stereocenters. The third kappa shape index (κ3) is 4.42. The molecule has 0 bridgehead atoms. The Balaban J connectivity index is 1.86. The highest BCUT2D eigenvalue weighted by Gasteiger charge is 2.10. The Kier molecular flexibility index (Phi) is 5.51. The Morgan fingerprint density at radius 2 is 2.05 bits per heavy atom. The van der Waals surface area contributed by atoms with Crippen molar-refractivity contribution in [2.75, 3.05) is 19.0 Å². The Morgan fingerprint density at radius 3 is 2.76 bits per heavy atom. The number of benzene rings is 1. The number of aryl methyl sites for hydroxylation is 1. The molecule has 7 heteroatoms. The van der Waals surface area contributed by atoms with Gasteiger partial charge in [-0.15, -0.1) is 10.2 Å². The van der Waals surface area contributed by atoms with Crippen LogP contribution >= 0.6 is 11.3 Å². The normalized spacial score (nSPS) is 10.2. The first kappa shape index (κ1) is 15.2. The summed E-state index contributed by atoms with van der Waals surface area (Å²) in [5, 5.41) is 12.0. The molecule has 6 nitrogen and oxygen atoms in total. The van der Waals surface area contributed by atoms with Crippen LogP contribution in [-0.2, 0) is 11.2 Å². The first-order valence-corrected chi connectivity index (χ1v) is 7.42. The van der Waals surface area contributed by atoms with Gasteiger partial charge in [-0.1, -0.05) is 30.4 Å². The monoisotopic (exact) mass is 307 g/mol. The molecule has 0 aliphatic heterocycles. The van der Waals surface area contributed by atoms with Crippen molar-refractivity contribution in [3.63, 3.8) is 0 Å². The smallest absolute Gasteiger partial charge is 0.264 e. The van der Waals surface area contributed by atoms with Gasteiger partial charge < -0.3 is 9.47 Å². The lowest BCUT2D eigenvalue weighted by Crippen LogP contribution is -2.20. The van der Waals surface area contributed by atoms with E-state index in [1.165, 1.54) is 11.3 Å². The van der Waals surface area contributed by atoms with Gasteiger partial charge in [0.2, 0.25) is 5.13 Å². The number of amides is 1. The number of methoxy groups -OCH3 is 1. The third-order valence-corrected chi connectivity index (χ3v) is 3.50. The molecular weight excluding hydrogens is 290 g/mol. The molecule has 0 saturated carbocycles. The number of aromatic nitrogens is 2. The average molecular weight is 307 g/mol. The fraction of sp³-hybridized carbons (Fsp3) is 0.357. The van der Waals surface area contributed by atoms with Crippen LogP contribution < -0.4 is 14.8 Å². The summed E-state index contributed by atoms with van der Waals surface area (Å²) >= 11 is 1.38. The van der Waals surface area contributed by atoms with Crippen LogP contribution in [-0.4, -0.2) is 29.8 Å². The number of rotatable bonds is 7. The van der Waals surface area contributed by atoms with Crippen molar-refractivity contribution in [1.82, 2.24) is 10.2 Å².